The Kier molecular flexibility index (Phi) is 10.1. The van der Waals surface area contributed by atoms with Gasteiger partial charge in [-0.2, -0.15) is 4.42 Å². The number of benzene rings is 1. The lowest BCUT2D eigenvalue weighted by molar-refractivity contribution is -0.150. The van der Waals surface area contributed by atoms with E-state index in [9.17, 15) is 43.8 Å². The van der Waals surface area contributed by atoms with Crippen molar-refractivity contribution in [2.45, 2.75) is 43.6 Å². The number of amides is 5. The van der Waals surface area contributed by atoms with E-state index in [4.69, 9.17) is 16.5 Å². The number of ether oxygens (including phenoxy) is 1. The van der Waals surface area contributed by atoms with Gasteiger partial charge in [0, 0.05) is 42.0 Å². The third-order valence-corrected chi connectivity index (χ3v) is 7.62. The highest BCUT2D eigenvalue weighted by atomic mass is 35.5. The van der Waals surface area contributed by atoms with Crippen LogP contribution in [0.2, 0.25) is 0 Å². The Morgan fingerprint density at radius 2 is 1.85 bits per heavy atom. The lowest BCUT2D eigenvalue weighted by Gasteiger charge is -2.49. The van der Waals surface area contributed by atoms with Crippen molar-refractivity contribution >= 4 is 65.2 Å². The monoisotopic (exact) mass is 596 g/mol. The van der Waals surface area contributed by atoms with Gasteiger partial charge in [0.05, 0.1) is 0 Å². The molecule has 2 aliphatic heterocycles. The minimum absolute atomic E-state index is 0.0401. The van der Waals surface area contributed by atoms with E-state index in [1.807, 2.05) is 0 Å². The summed E-state index contributed by atoms with van der Waals surface area (Å²) < 4.78 is 5.06. The second-order valence-corrected chi connectivity index (χ2v) is 10.1. The molecule has 0 aromatic heterocycles. The van der Waals surface area contributed by atoms with Crippen molar-refractivity contribution in [3.05, 3.63) is 47.2 Å². The van der Waals surface area contributed by atoms with E-state index in [0.29, 0.717) is 0 Å². The summed E-state index contributed by atoms with van der Waals surface area (Å²) in [7, 11) is 0. The third-order valence-electron chi connectivity index (χ3n) is 5.91. The zero-order valence-corrected chi connectivity index (χ0v) is 22.6. The number of β-lactam (4-membered cyclic amide) rings is 1. The molecule has 0 saturated carbocycles. The summed E-state index contributed by atoms with van der Waals surface area (Å²) >= 11 is 6.61. The first-order valence-corrected chi connectivity index (χ1v) is 13.2. The van der Waals surface area contributed by atoms with Crippen LogP contribution >= 0.6 is 23.5 Å². The third kappa shape index (κ3) is 7.09. The number of aliphatic carboxylic acids is 2. The number of hydrogen-bond acceptors (Lipinski definition) is 9. The quantitative estimate of drug-likeness (QED) is 0.209. The zero-order valence-electron chi connectivity index (χ0n) is 21.0. The highest BCUT2D eigenvalue weighted by Gasteiger charge is 2.54. The molecule has 1 aromatic rings. The van der Waals surface area contributed by atoms with E-state index >= 15 is 0 Å². The predicted molar refractivity (Wildman–Crippen MR) is 139 cm³/mol. The summed E-state index contributed by atoms with van der Waals surface area (Å²) in [6.07, 6.45) is -1.29. The van der Waals surface area contributed by atoms with Crippen LogP contribution in [0.25, 0.3) is 0 Å². The lowest BCUT2D eigenvalue weighted by atomic mass is 10.0. The zero-order chi connectivity index (χ0) is 29.6. The summed E-state index contributed by atoms with van der Waals surface area (Å²) in [6.45, 7) is 0.502. The van der Waals surface area contributed by atoms with Gasteiger partial charge in [0.15, 0.2) is 0 Å². The molecule has 40 heavy (non-hydrogen) atoms. The summed E-state index contributed by atoms with van der Waals surface area (Å²) in [5, 5.41) is 23.3. The Morgan fingerprint density at radius 3 is 2.45 bits per heavy atom. The molecule has 14 nitrogen and oxygen atoms in total. The van der Waals surface area contributed by atoms with Gasteiger partial charge in [0.1, 0.15) is 29.8 Å². The van der Waals surface area contributed by atoms with Crippen LogP contribution in [0.5, 0.6) is 0 Å². The average Bonchev–Trinajstić information content (AvgIpc) is 2.93. The maximum absolute atomic E-state index is 12.7. The molecule has 1 fully saturated rings. The van der Waals surface area contributed by atoms with Crippen molar-refractivity contribution in [2.75, 3.05) is 12.4 Å². The van der Waals surface area contributed by atoms with Gasteiger partial charge < -0.3 is 25.6 Å². The number of rotatable bonds is 11. The smallest absolute Gasteiger partial charge is 0.432 e. The van der Waals surface area contributed by atoms with E-state index in [0.717, 1.165) is 23.6 Å². The second kappa shape index (κ2) is 13.3. The molecule has 0 spiro atoms. The first-order chi connectivity index (χ1) is 18.9. The molecule has 1 saturated heterocycles. The number of thioether (sulfide) groups is 1. The fourth-order valence-corrected chi connectivity index (χ4v) is 5.31. The van der Waals surface area contributed by atoms with Gasteiger partial charge in [-0.1, -0.05) is 18.2 Å². The van der Waals surface area contributed by atoms with E-state index < -0.39 is 71.4 Å². The number of halogens is 1. The minimum Gasteiger partial charge on any atom is -0.480 e. The largest absolute Gasteiger partial charge is 0.480 e. The SMILES string of the molecule is CC(=O)N(Cl)C(=O)OCC1=C(C(=O)O)N2C(=O)[C@@H](NC(=O)CCC[C@@H](NC(=O)c3ccccc3)C(=O)O)[C@H]2SC1. The number of carboxylic acid groups (broad SMARTS) is 2. The van der Waals surface area contributed by atoms with Gasteiger partial charge in [0.25, 0.3) is 11.8 Å². The number of carboxylic acids is 2. The Bertz CT molecular complexity index is 1260. The molecule has 214 valence electrons. The number of hydrogen-bond donors (Lipinski definition) is 4. The molecule has 2 heterocycles. The van der Waals surface area contributed by atoms with Crippen molar-refractivity contribution in [3.8, 4) is 0 Å². The summed E-state index contributed by atoms with van der Waals surface area (Å²) in [5.41, 5.74) is -0.00160. The molecular weight excluding hydrogens is 572 g/mol. The Hall–Kier alpha value is -4.11. The van der Waals surface area contributed by atoms with Gasteiger partial charge in [-0.15, -0.1) is 11.8 Å². The number of carbonyl (C=O) groups is 7. The number of nitrogens with zero attached hydrogens (tertiary/aromatic N) is 2. The van der Waals surface area contributed by atoms with Gasteiger partial charge in [-0.25, -0.2) is 14.4 Å². The molecule has 0 bridgehead atoms. The first kappa shape index (κ1) is 30.4. The molecule has 0 aliphatic carbocycles. The molecule has 0 radical (unpaired) electrons. The first-order valence-electron chi connectivity index (χ1n) is 11.8. The molecule has 0 unspecified atom stereocenters. The molecule has 5 amide bonds. The van der Waals surface area contributed by atoms with Crippen molar-refractivity contribution in [1.82, 2.24) is 20.0 Å². The second-order valence-electron chi connectivity index (χ2n) is 8.69. The summed E-state index contributed by atoms with van der Waals surface area (Å²) in [5.74, 6) is -5.26. The van der Waals surface area contributed by atoms with Crippen LogP contribution in [0.3, 0.4) is 0 Å². The van der Waals surface area contributed by atoms with Gasteiger partial charge in [-0.3, -0.25) is 24.1 Å². The number of fused-ring (bicyclic) bond motifs is 1. The highest BCUT2D eigenvalue weighted by molar-refractivity contribution is 8.00. The van der Waals surface area contributed by atoms with Crippen molar-refractivity contribution in [1.29, 1.82) is 0 Å². The van der Waals surface area contributed by atoms with Crippen LogP contribution in [0.1, 0.15) is 36.5 Å². The lowest BCUT2D eigenvalue weighted by Crippen LogP contribution is -2.70. The Balaban J connectivity index is 1.53. The fraction of sp³-hybridized carbons (Fsp3) is 0.375. The number of nitrogens with one attached hydrogen (secondary N) is 2. The van der Waals surface area contributed by atoms with Gasteiger partial charge in [-0.05, 0) is 25.0 Å². The van der Waals surface area contributed by atoms with E-state index in [1.54, 1.807) is 18.2 Å². The van der Waals surface area contributed by atoms with E-state index in [1.165, 1.54) is 12.1 Å². The predicted octanol–water partition coefficient (Wildman–Crippen LogP) is 0.917. The Labute approximate surface area is 236 Å². The maximum Gasteiger partial charge on any atom is 0.432 e. The van der Waals surface area contributed by atoms with Crippen LogP contribution in [-0.2, 0) is 28.7 Å². The Morgan fingerprint density at radius 1 is 1.18 bits per heavy atom. The number of carbonyl (C=O) groups excluding carboxylic acids is 5. The van der Waals surface area contributed by atoms with Crippen molar-refractivity contribution in [2.24, 2.45) is 0 Å². The summed E-state index contributed by atoms with van der Waals surface area (Å²) in [4.78, 5) is 84.9. The van der Waals surface area contributed by atoms with Crippen LogP contribution in [0, 0.1) is 0 Å². The molecule has 16 heteroatoms. The van der Waals surface area contributed by atoms with Crippen molar-refractivity contribution in [3.63, 3.8) is 0 Å². The average molecular weight is 597 g/mol. The molecule has 3 atom stereocenters. The van der Waals surface area contributed by atoms with Gasteiger partial charge in [0.2, 0.25) is 11.8 Å². The number of imide groups is 1. The van der Waals surface area contributed by atoms with Crippen LogP contribution < -0.4 is 10.6 Å². The molecule has 2 aliphatic rings. The van der Waals surface area contributed by atoms with Gasteiger partial charge >= 0.3 is 18.0 Å². The van der Waals surface area contributed by atoms with E-state index in [-0.39, 0.29) is 40.6 Å². The molecule has 3 rings (SSSR count). The maximum atomic E-state index is 12.7. The standard InChI is InChI=1S/C24H25ClN4O10S/c1-12(30)29(25)24(38)39-10-14-11-40-21-17(20(33)28(21)18(14)23(36)37)27-16(31)9-5-8-15(22(34)35)26-19(32)13-6-3-2-4-7-13/h2-4,6-7,15,17,21H,5,8-11H2,1H3,(H,26,32)(H,27,31)(H,34,35)(H,36,37)/t15-,17-,21-/m1/s1. The summed E-state index contributed by atoms with van der Waals surface area (Å²) in [6, 6.07) is 5.81. The minimum atomic E-state index is -1.44. The van der Waals surface area contributed by atoms with E-state index in [2.05, 4.69) is 10.6 Å². The van der Waals surface area contributed by atoms with Crippen LogP contribution in [0.15, 0.2) is 41.6 Å². The topological polar surface area (TPSA) is 200 Å². The molecular formula is C24H25ClN4O10S. The molecule has 4 N–H and O–H groups in total. The molecule has 1 aromatic carbocycles. The van der Waals surface area contributed by atoms with Crippen LogP contribution in [-0.4, -0.2) is 91.0 Å². The highest BCUT2D eigenvalue weighted by Crippen LogP contribution is 2.40. The normalized spacial score (nSPS) is 18.6. The van der Waals surface area contributed by atoms with Crippen LogP contribution in [0.4, 0.5) is 4.79 Å². The fourth-order valence-electron chi connectivity index (χ4n) is 3.93. The van der Waals surface area contributed by atoms with Crippen molar-refractivity contribution < 1.29 is 48.5 Å².